The molecule has 3 rings (SSSR count). The van der Waals surface area contributed by atoms with Gasteiger partial charge in [-0.1, -0.05) is 48.9 Å². The lowest BCUT2D eigenvalue weighted by Crippen LogP contribution is -2.61. The van der Waals surface area contributed by atoms with E-state index in [1.165, 1.54) is 4.90 Å². The van der Waals surface area contributed by atoms with E-state index < -0.39 is 53.1 Å². The van der Waals surface area contributed by atoms with Crippen molar-refractivity contribution in [2.24, 2.45) is 17.3 Å². The fraction of sp³-hybridized carbons (Fsp3) is 0.742. The Balaban J connectivity index is 1.92. The van der Waals surface area contributed by atoms with Gasteiger partial charge in [0.15, 0.2) is 0 Å². The maximum absolute atomic E-state index is 14.6. The molecule has 0 saturated carbocycles. The molecule has 0 aromatic carbocycles. The Bertz CT molecular complexity index is 1070. The molecule has 236 valence electrons. The monoisotopic (exact) mass is 653 g/mol. The van der Waals surface area contributed by atoms with Crippen LogP contribution in [0.2, 0.25) is 0 Å². The molecule has 1 spiro atoms. The molecule has 11 heteroatoms. The molecule has 0 aliphatic carbocycles. The van der Waals surface area contributed by atoms with E-state index in [4.69, 9.17) is 9.47 Å². The van der Waals surface area contributed by atoms with Crippen LogP contribution in [0.15, 0.2) is 25.3 Å². The number of hydrogen-bond acceptors (Lipinski definition) is 7. The Hall–Kier alpha value is -2.24. The van der Waals surface area contributed by atoms with Gasteiger partial charge in [0.1, 0.15) is 17.7 Å². The van der Waals surface area contributed by atoms with E-state index in [1.54, 1.807) is 24.0 Å². The molecule has 2 N–H and O–H groups in total. The second-order valence-electron chi connectivity index (χ2n) is 13.6. The molecule has 3 fully saturated rings. The van der Waals surface area contributed by atoms with Gasteiger partial charge in [0, 0.05) is 29.9 Å². The Morgan fingerprint density at radius 2 is 1.93 bits per heavy atom. The summed E-state index contributed by atoms with van der Waals surface area (Å²) in [4.78, 5) is 57.0. The van der Waals surface area contributed by atoms with Crippen LogP contribution in [0.4, 0.5) is 0 Å². The van der Waals surface area contributed by atoms with Crippen molar-refractivity contribution >= 4 is 39.6 Å². The second kappa shape index (κ2) is 13.2. The van der Waals surface area contributed by atoms with Crippen molar-refractivity contribution in [3.05, 3.63) is 25.3 Å². The number of rotatable bonds is 14. The molecule has 3 amide bonds. The third-order valence-electron chi connectivity index (χ3n) is 8.39. The lowest BCUT2D eigenvalue weighted by Gasteiger charge is -2.45. The topological polar surface area (TPSA) is 125 Å². The van der Waals surface area contributed by atoms with Crippen molar-refractivity contribution < 1.29 is 33.8 Å². The number of allylic oxidation sites excluding steroid dienone is 1. The molecule has 3 heterocycles. The summed E-state index contributed by atoms with van der Waals surface area (Å²) in [6.07, 6.45) is 3.90. The maximum Gasteiger partial charge on any atom is 0.312 e. The van der Waals surface area contributed by atoms with Crippen molar-refractivity contribution in [2.75, 3.05) is 26.2 Å². The number of β-amino-alcohol motifs (C(OH)–C–C–N with tert-alkyl or cyclic N) is 1. The molecule has 3 saturated heterocycles. The number of carbonyl (C=O) groups is 4. The minimum Gasteiger partial charge on any atom is -0.460 e. The first kappa shape index (κ1) is 34.3. The summed E-state index contributed by atoms with van der Waals surface area (Å²) in [5.41, 5.74) is -1.92. The number of hydrogen-bond donors (Lipinski definition) is 2. The number of alkyl halides is 1. The van der Waals surface area contributed by atoms with E-state index in [9.17, 15) is 24.3 Å². The number of amides is 3. The Kier molecular flexibility index (Phi) is 10.7. The van der Waals surface area contributed by atoms with Crippen LogP contribution >= 0.6 is 15.9 Å². The lowest BCUT2D eigenvalue weighted by molar-refractivity contribution is -0.159. The molecule has 10 nitrogen and oxygen atoms in total. The molecular weight excluding hydrogens is 606 g/mol. The average Bonchev–Trinajstić information content (AvgIpc) is 3.46. The highest BCUT2D eigenvalue weighted by Gasteiger charge is 2.77. The minimum atomic E-state index is -1.26. The average molecular weight is 655 g/mol. The van der Waals surface area contributed by atoms with Gasteiger partial charge in [-0.25, -0.2) is 0 Å². The van der Waals surface area contributed by atoms with E-state index >= 15 is 0 Å². The van der Waals surface area contributed by atoms with Gasteiger partial charge >= 0.3 is 5.97 Å². The van der Waals surface area contributed by atoms with Gasteiger partial charge < -0.3 is 29.7 Å². The van der Waals surface area contributed by atoms with Crippen molar-refractivity contribution in [1.29, 1.82) is 0 Å². The summed E-state index contributed by atoms with van der Waals surface area (Å²) in [7, 11) is 0. The van der Waals surface area contributed by atoms with Gasteiger partial charge in [-0.15, -0.1) is 13.2 Å². The molecule has 0 radical (unpaired) electrons. The van der Waals surface area contributed by atoms with Gasteiger partial charge in [-0.05, 0) is 45.4 Å². The van der Waals surface area contributed by atoms with E-state index in [0.29, 0.717) is 25.7 Å². The SMILES string of the molecule is C=CCCC(=O)NC[C@@H](C)OC(=O)[C@@H]1[C@H]2O[C@@]3(CC2Br)[C@H](C(=O)N(CC=C)C(C)(C)CC(C)(C)C)N(CCO)C(=O)[C@@H]13. The molecule has 0 aromatic heterocycles. The summed E-state index contributed by atoms with van der Waals surface area (Å²) >= 11 is 3.66. The normalized spacial score (nSPS) is 29.2. The van der Waals surface area contributed by atoms with Crippen molar-refractivity contribution in [3.63, 3.8) is 0 Å². The van der Waals surface area contributed by atoms with Crippen LogP contribution in [0.5, 0.6) is 0 Å². The molecule has 3 aliphatic heterocycles. The Labute approximate surface area is 258 Å². The number of nitrogens with one attached hydrogen (secondary N) is 1. The number of carbonyl (C=O) groups excluding carboxylic acids is 4. The lowest BCUT2D eigenvalue weighted by atomic mass is 9.70. The number of nitrogens with zero attached hydrogens (tertiary/aromatic N) is 2. The molecular formula is C31H48BrN3O7. The van der Waals surface area contributed by atoms with Crippen LogP contribution in [0.1, 0.15) is 67.2 Å². The number of esters is 1. The predicted molar refractivity (Wildman–Crippen MR) is 163 cm³/mol. The van der Waals surface area contributed by atoms with Gasteiger partial charge in [0.2, 0.25) is 17.7 Å². The highest BCUT2D eigenvalue weighted by Crippen LogP contribution is 2.60. The predicted octanol–water partition coefficient (Wildman–Crippen LogP) is 2.97. The molecule has 0 aromatic rings. The van der Waals surface area contributed by atoms with E-state index in [2.05, 4.69) is 55.2 Å². The fourth-order valence-electron chi connectivity index (χ4n) is 7.23. The summed E-state index contributed by atoms with van der Waals surface area (Å²) < 4.78 is 12.3. The molecule has 42 heavy (non-hydrogen) atoms. The largest absolute Gasteiger partial charge is 0.460 e. The van der Waals surface area contributed by atoms with Crippen LogP contribution in [0.25, 0.3) is 0 Å². The Morgan fingerprint density at radius 3 is 2.50 bits per heavy atom. The van der Waals surface area contributed by atoms with Crippen LogP contribution in [0.3, 0.4) is 0 Å². The number of aliphatic hydroxyl groups is 1. The van der Waals surface area contributed by atoms with E-state index in [0.717, 1.165) is 0 Å². The maximum atomic E-state index is 14.6. The highest BCUT2D eigenvalue weighted by molar-refractivity contribution is 9.09. The standard InChI is InChI=1S/C31H48BrN3O7/c1-9-11-12-21(37)33-17-19(3)41-28(40)22-23-26(38)34(14-15-36)25(31(23)16-20(32)24(22)42-31)27(39)35(13-10-2)30(7,8)18-29(4,5)6/h9-10,19-20,22-25,36H,1-2,11-18H2,3-8H3,(H,33,37)/t19-,20?,22+,23-,24+,25+,31-/m1/s1. The van der Waals surface area contributed by atoms with E-state index in [-0.39, 0.29) is 48.3 Å². The third-order valence-corrected chi connectivity index (χ3v) is 9.23. The number of aliphatic hydroxyl groups excluding tert-OH is 1. The van der Waals surface area contributed by atoms with Gasteiger partial charge in [-0.2, -0.15) is 0 Å². The third kappa shape index (κ3) is 6.78. The number of fused-ring (bicyclic) bond motifs is 1. The highest BCUT2D eigenvalue weighted by atomic mass is 79.9. The van der Waals surface area contributed by atoms with Crippen LogP contribution < -0.4 is 5.32 Å². The van der Waals surface area contributed by atoms with Gasteiger partial charge in [0.05, 0.1) is 31.1 Å². The van der Waals surface area contributed by atoms with Crippen LogP contribution in [0, 0.1) is 17.3 Å². The zero-order valence-electron chi connectivity index (χ0n) is 25.9. The molecule has 7 atom stereocenters. The number of halogens is 1. The van der Waals surface area contributed by atoms with Crippen LogP contribution in [-0.4, -0.2) is 99.1 Å². The zero-order chi connectivity index (χ0) is 31.6. The quantitative estimate of drug-likeness (QED) is 0.168. The first-order valence-corrected chi connectivity index (χ1v) is 15.7. The minimum absolute atomic E-state index is 0.0645. The smallest absolute Gasteiger partial charge is 0.312 e. The number of ether oxygens (including phenoxy) is 2. The first-order chi connectivity index (χ1) is 19.5. The molecule has 1 unspecified atom stereocenters. The summed E-state index contributed by atoms with van der Waals surface area (Å²) in [6.45, 7) is 19.5. The van der Waals surface area contributed by atoms with Gasteiger partial charge in [0.25, 0.3) is 0 Å². The molecule has 3 aliphatic rings. The summed E-state index contributed by atoms with van der Waals surface area (Å²) in [6, 6.07) is -1.02. The number of likely N-dealkylation sites (tertiary alicyclic amines) is 1. The fourth-order valence-corrected chi connectivity index (χ4v) is 8.17. The van der Waals surface area contributed by atoms with Crippen molar-refractivity contribution in [3.8, 4) is 0 Å². The molecule has 2 bridgehead atoms. The van der Waals surface area contributed by atoms with Gasteiger partial charge in [-0.3, -0.25) is 19.2 Å². The van der Waals surface area contributed by atoms with E-state index in [1.807, 2.05) is 13.8 Å². The van der Waals surface area contributed by atoms with Crippen molar-refractivity contribution in [2.45, 2.75) is 101 Å². The Morgan fingerprint density at radius 1 is 1.26 bits per heavy atom. The van der Waals surface area contributed by atoms with Crippen molar-refractivity contribution in [1.82, 2.24) is 15.1 Å². The summed E-state index contributed by atoms with van der Waals surface area (Å²) in [5.74, 6) is -3.35. The summed E-state index contributed by atoms with van der Waals surface area (Å²) in [5, 5.41) is 12.7. The first-order valence-electron chi connectivity index (χ1n) is 14.8. The zero-order valence-corrected chi connectivity index (χ0v) is 27.4. The van der Waals surface area contributed by atoms with Crippen LogP contribution in [-0.2, 0) is 28.7 Å². The second-order valence-corrected chi connectivity index (χ2v) is 14.8.